The lowest BCUT2D eigenvalue weighted by Crippen LogP contribution is -2.05. The second kappa shape index (κ2) is 5.23. The van der Waals surface area contributed by atoms with Crippen molar-refractivity contribution < 1.29 is 18.8 Å². The van der Waals surface area contributed by atoms with Crippen molar-refractivity contribution in [1.82, 2.24) is 0 Å². The van der Waals surface area contributed by atoms with Crippen molar-refractivity contribution in [2.75, 3.05) is 20.5 Å². The maximum Gasteiger partial charge on any atom is 0.195 e. The number of hydrogen-bond acceptors (Lipinski definition) is 4. The van der Waals surface area contributed by atoms with Crippen molar-refractivity contribution in [2.24, 2.45) is 0 Å². The van der Waals surface area contributed by atoms with Gasteiger partial charge in [-0.2, -0.15) is 0 Å². The van der Waals surface area contributed by atoms with Gasteiger partial charge in [0.05, 0.1) is 19.8 Å². The number of carbonyl (C=O) groups excluding carboxylic acids is 1. The molecule has 1 rings (SSSR count). The van der Waals surface area contributed by atoms with Crippen molar-refractivity contribution in [3.05, 3.63) is 17.7 Å². The van der Waals surface area contributed by atoms with Crippen LogP contribution in [-0.2, 0) is 11.2 Å². The molecule has 0 aliphatic rings. The molecule has 16 heavy (non-hydrogen) atoms. The summed E-state index contributed by atoms with van der Waals surface area (Å²) in [6, 6.07) is 3.13. The quantitative estimate of drug-likeness (QED) is 0.595. The van der Waals surface area contributed by atoms with Crippen LogP contribution in [-0.4, -0.2) is 30.8 Å². The molecule has 0 amide bonds. The summed E-state index contributed by atoms with van der Waals surface area (Å²) in [6.07, 6.45) is 1.54. The first kappa shape index (κ1) is 12.9. The summed E-state index contributed by atoms with van der Waals surface area (Å²) in [7, 11) is 2.96. The Kier molecular flexibility index (Phi) is 4.20. The zero-order valence-electron chi connectivity index (χ0n) is 9.70. The third kappa shape index (κ3) is 2.48. The molecule has 88 valence electrons. The van der Waals surface area contributed by atoms with E-state index in [1.165, 1.54) is 27.4 Å². The molecule has 0 aliphatic carbocycles. The van der Waals surface area contributed by atoms with E-state index in [9.17, 15) is 9.35 Å². The molecule has 0 radical (unpaired) electrons. The van der Waals surface area contributed by atoms with Crippen LogP contribution in [0.25, 0.3) is 0 Å². The van der Waals surface area contributed by atoms with Crippen molar-refractivity contribution >= 4 is 17.0 Å². The number of methoxy groups -OCH3 is 2. The Balaban J connectivity index is 3.40. The predicted octanol–water partition coefficient (Wildman–Crippen LogP) is 1.64. The zero-order chi connectivity index (χ0) is 12.3. The van der Waals surface area contributed by atoms with Crippen LogP contribution in [0.2, 0.25) is 0 Å². The number of benzene rings is 1. The molecule has 0 spiro atoms. The minimum absolute atomic E-state index is 0.133. The van der Waals surface area contributed by atoms with E-state index in [0.29, 0.717) is 22.0 Å². The third-order valence-electron chi connectivity index (χ3n) is 2.17. The molecule has 0 N–H and O–H groups in total. The first-order valence-electron chi connectivity index (χ1n) is 4.61. The lowest BCUT2D eigenvalue weighted by molar-refractivity contribution is 0.101. The summed E-state index contributed by atoms with van der Waals surface area (Å²) in [5.74, 6) is 0.757. The average molecular weight is 242 g/mol. The summed E-state index contributed by atoms with van der Waals surface area (Å²) in [6.45, 7) is 1.44. The average Bonchev–Trinajstić information content (AvgIpc) is 2.26. The number of carbonyl (C=O) groups is 1. The van der Waals surface area contributed by atoms with Crippen molar-refractivity contribution in [3.63, 3.8) is 0 Å². The monoisotopic (exact) mass is 242 g/mol. The molecular weight excluding hydrogens is 228 g/mol. The van der Waals surface area contributed by atoms with Gasteiger partial charge in [0.2, 0.25) is 0 Å². The molecule has 0 aromatic heterocycles. The van der Waals surface area contributed by atoms with Crippen LogP contribution in [0.15, 0.2) is 17.0 Å². The molecule has 0 heterocycles. The van der Waals surface area contributed by atoms with Gasteiger partial charge in [-0.05, 0) is 18.1 Å². The molecule has 0 saturated carbocycles. The Labute approximate surface area is 97.7 Å². The van der Waals surface area contributed by atoms with E-state index in [0.717, 1.165) is 0 Å². The highest BCUT2D eigenvalue weighted by atomic mass is 32.2. The Morgan fingerprint density at radius 2 is 1.81 bits per heavy atom. The van der Waals surface area contributed by atoms with E-state index in [4.69, 9.17) is 9.47 Å². The second-order valence-corrected chi connectivity index (χ2v) is 4.56. The maximum atomic E-state index is 11.5. The van der Waals surface area contributed by atoms with Gasteiger partial charge in [-0.3, -0.25) is 4.79 Å². The van der Waals surface area contributed by atoms with Crippen LogP contribution < -0.4 is 9.47 Å². The minimum Gasteiger partial charge on any atom is -0.612 e. The summed E-state index contributed by atoms with van der Waals surface area (Å²) in [4.78, 5) is 11.9. The largest absolute Gasteiger partial charge is 0.612 e. The van der Waals surface area contributed by atoms with E-state index in [-0.39, 0.29) is 5.78 Å². The van der Waals surface area contributed by atoms with E-state index in [2.05, 4.69) is 0 Å². The Morgan fingerprint density at radius 1 is 1.25 bits per heavy atom. The van der Waals surface area contributed by atoms with E-state index in [1.54, 1.807) is 12.1 Å². The molecule has 0 saturated heterocycles. The molecule has 5 heteroatoms. The number of ether oxygens (including phenoxy) is 2. The molecule has 4 nitrogen and oxygen atoms in total. The summed E-state index contributed by atoms with van der Waals surface area (Å²) >= 11 is -1.21. The van der Waals surface area contributed by atoms with Crippen LogP contribution in [0.3, 0.4) is 0 Å². The van der Waals surface area contributed by atoms with Crippen LogP contribution >= 0.6 is 0 Å². The number of hydrogen-bond donors (Lipinski definition) is 0. The zero-order valence-corrected chi connectivity index (χ0v) is 10.5. The molecule has 0 bridgehead atoms. The van der Waals surface area contributed by atoms with E-state index < -0.39 is 11.2 Å². The highest BCUT2D eigenvalue weighted by molar-refractivity contribution is 7.90. The standard InChI is InChI=1S/C11H14O4S/c1-7(12)8-5-11(16(4)13)10(15-3)6-9(8)14-2/h5-6H,1-4H3. The minimum atomic E-state index is -1.21. The normalized spacial score (nSPS) is 12.1. The van der Waals surface area contributed by atoms with Crippen molar-refractivity contribution in [1.29, 1.82) is 0 Å². The molecular formula is C11H14O4S. The third-order valence-corrected chi connectivity index (χ3v) is 3.11. The van der Waals surface area contributed by atoms with Gasteiger partial charge in [-0.15, -0.1) is 0 Å². The predicted molar refractivity (Wildman–Crippen MR) is 61.9 cm³/mol. The summed E-state index contributed by atoms with van der Waals surface area (Å²) in [5, 5.41) is 0. The summed E-state index contributed by atoms with van der Waals surface area (Å²) < 4.78 is 21.7. The second-order valence-electron chi connectivity index (χ2n) is 3.21. The van der Waals surface area contributed by atoms with Gasteiger partial charge in [0.25, 0.3) is 0 Å². The fraction of sp³-hybridized carbons (Fsp3) is 0.364. The van der Waals surface area contributed by atoms with Gasteiger partial charge in [0, 0.05) is 12.1 Å². The van der Waals surface area contributed by atoms with Crippen LogP contribution in [0.1, 0.15) is 17.3 Å². The number of ketones is 1. The maximum absolute atomic E-state index is 11.5. The van der Waals surface area contributed by atoms with Gasteiger partial charge in [-0.1, -0.05) is 0 Å². The van der Waals surface area contributed by atoms with Gasteiger partial charge in [0.15, 0.2) is 16.4 Å². The number of rotatable bonds is 4. The van der Waals surface area contributed by atoms with Crippen LogP contribution in [0.5, 0.6) is 11.5 Å². The highest BCUT2D eigenvalue weighted by Crippen LogP contribution is 2.32. The van der Waals surface area contributed by atoms with Crippen molar-refractivity contribution in [2.45, 2.75) is 11.8 Å². The summed E-state index contributed by atoms with van der Waals surface area (Å²) in [5.41, 5.74) is 0.411. The Hall–Kier alpha value is -1.20. The van der Waals surface area contributed by atoms with E-state index >= 15 is 0 Å². The molecule has 1 aromatic rings. The molecule has 0 aliphatic heterocycles. The van der Waals surface area contributed by atoms with E-state index in [1.807, 2.05) is 0 Å². The first-order chi connectivity index (χ1) is 7.51. The fourth-order valence-electron chi connectivity index (χ4n) is 1.37. The highest BCUT2D eigenvalue weighted by Gasteiger charge is 2.19. The van der Waals surface area contributed by atoms with Gasteiger partial charge >= 0.3 is 0 Å². The Morgan fingerprint density at radius 3 is 2.19 bits per heavy atom. The fourth-order valence-corrected chi connectivity index (χ4v) is 2.08. The Bertz CT molecular complexity index is 401. The van der Waals surface area contributed by atoms with Crippen LogP contribution in [0.4, 0.5) is 0 Å². The number of Topliss-reactive ketones (excluding diaryl/α,β-unsaturated/α-hetero) is 1. The lowest BCUT2D eigenvalue weighted by atomic mass is 10.1. The SMILES string of the molecule is COc1cc(OC)c([S+](C)[O-])cc1C(C)=O. The van der Waals surface area contributed by atoms with Gasteiger partial charge < -0.3 is 14.0 Å². The lowest BCUT2D eigenvalue weighted by Gasteiger charge is -2.13. The molecule has 0 fully saturated rings. The smallest absolute Gasteiger partial charge is 0.195 e. The molecule has 1 atom stereocenters. The van der Waals surface area contributed by atoms with Crippen LogP contribution in [0, 0.1) is 0 Å². The van der Waals surface area contributed by atoms with Gasteiger partial charge in [-0.25, -0.2) is 0 Å². The van der Waals surface area contributed by atoms with Gasteiger partial charge in [0.1, 0.15) is 12.0 Å². The molecule has 1 aromatic carbocycles. The molecule has 1 unspecified atom stereocenters. The van der Waals surface area contributed by atoms with Crippen molar-refractivity contribution in [3.8, 4) is 11.5 Å². The topological polar surface area (TPSA) is 58.6 Å². The first-order valence-corrected chi connectivity index (χ1v) is 6.17.